The first-order valence-electron chi connectivity index (χ1n) is 6.44. The number of primary sulfonamides is 1. The van der Waals surface area contributed by atoms with E-state index in [1.54, 1.807) is 6.07 Å². The maximum atomic E-state index is 11.2. The van der Waals surface area contributed by atoms with Crippen LogP contribution in [0.4, 0.5) is 5.82 Å². The van der Waals surface area contributed by atoms with Crippen LogP contribution in [-0.4, -0.2) is 13.4 Å². The number of pyridine rings is 1. The second kappa shape index (κ2) is 6.21. The first-order chi connectivity index (χ1) is 9.90. The Morgan fingerprint density at radius 1 is 1.19 bits per heavy atom. The van der Waals surface area contributed by atoms with Gasteiger partial charge in [0.05, 0.1) is 0 Å². The lowest BCUT2D eigenvalue weighted by Gasteiger charge is -2.15. The second-order valence-corrected chi connectivity index (χ2v) is 6.30. The number of nitrogens with zero attached hydrogens (tertiary/aromatic N) is 1. The van der Waals surface area contributed by atoms with E-state index in [-0.39, 0.29) is 10.9 Å². The second-order valence-electron chi connectivity index (χ2n) is 4.74. The summed E-state index contributed by atoms with van der Waals surface area (Å²) in [7, 11) is -3.71. The lowest BCUT2D eigenvalue weighted by molar-refractivity contribution is 0.597. The van der Waals surface area contributed by atoms with Crippen molar-refractivity contribution < 1.29 is 8.42 Å². The van der Waals surface area contributed by atoms with Gasteiger partial charge in [0.2, 0.25) is 10.0 Å². The van der Waals surface area contributed by atoms with Crippen LogP contribution in [0.1, 0.15) is 24.1 Å². The number of sulfonamides is 1. The van der Waals surface area contributed by atoms with Crippen LogP contribution < -0.4 is 16.2 Å². The molecule has 6 nitrogen and oxygen atoms in total. The van der Waals surface area contributed by atoms with E-state index in [1.165, 1.54) is 12.3 Å². The van der Waals surface area contributed by atoms with Gasteiger partial charge >= 0.3 is 0 Å². The van der Waals surface area contributed by atoms with Crippen molar-refractivity contribution in [1.82, 2.24) is 4.98 Å². The molecule has 0 spiro atoms. The van der Waals surface area contributed by atoms with E-state index in [0.29, 0.717) is 12.4 Å². The molecule has 5 N–H and O–H groups in total. The van der Waals surface area contributed by atoms with E-state index in [4.69, 9.17) is 10.9 Å². The highest BCUT2D eigenvalue weighted by Crippen LogP contribution is 2.19. The molecule has 7 heteroatoms. The fraction of sp³-hybridized carbons (Fsp3) is 0.214. The summed E-state index contributed by atoms with van der Waals surface area (Å²) in [5.74, 6) is 0.581. The predicted molar refractivity (Wildman–Crippen MR) is 82.0 cm³/mol. The third-order valence-corrected chi connectivity index (χ3v) is 4.04. The maximum Gasteiger partial charge on any atom is 0.239 e. The minimum absolute atomic E-state index is 0.00648. The average molecular weight is 306 g/mol. The molecule has 0 saturated heterocycles. The van der Waals surface area contributed by atoms with Crippen LogP contribution in [0.15, 0.2) is 47.5 Å². The zero-order chi connectivity index (χ0) is 15.5. The van der Waals surface area contributed by atoms with Gasteiger partial charge in [-0.25, -0.2) is 18.5 Å². The van der Waals surface area contributed by atoms with Gasteiger partial charge in [0.25, 0.3) is 0 Å². The molecule has 0 radical (unpaired) electrons. The highest BCUT2D eigenvalue weighted by molar-refractivity contribution is 7.89. The summed E-state index contributed by atoms with van der Waals surface area (Å²) in [6.07, 6.45) is 1.24. The van der Waals surface area contributed by atoms with E-state index < -0.39 is 10.0 Å². The van der Waals surface area contributed by atoms with Gasteiger partial charge < -0.3 is 11.1 Å². The van der Waals surface area contributed by atoms with Crippen molar-refractivity contribution >= 4 is 15.8 Å². The Morgan fingerprint density at radius 2 is 1.86 bits per heavy atom. The lowest BCUT2D eigenvalue weighted by Crippen LogP contribution is -2.13. The molecule has 21 heavy (non-hydrogen) atoms. The molecule has 112 valence electrons. The summed E-state index contributed by atoms with van der Waals surface area (Å²) in [6.45, 7) is 2.51. The van der Waals surface area contributed by atoms with Crippen LogP contribution in [-0.2, 0) is 16.6 Å². The molecule has 0 saturated carbocycles. The van der Waals surface area contributed by atoms with Crippen molar-refractivity contribution in [3.05, 3.63) is 53.7 Å². The Bertz CT molecular complexity index is 697. The summed E-state index contributed by atoms with van der Waals surface area (Å²) in [6, 6.07) is 11.0. The maximum absolute atomic E-state index is 11.2. The summed E-state index contributed by atoms with van der Waals surface area (Å²) in [5.41, 5.74) is 7.72. The van der Waals surface area contributed by atoms with Crippen molar-refractivity contribution in [3.63, 3.8) is 0 Å². The molecular formula is C14H18N4O2S. The van der Waals surface area contributed by atoms with Crippen LogP contribution in [0.2, 0.25) is 0 Å². The molecule has 1 atom stereocenters. The van der Waals surface area contributed by atoms with Crippen LogP contribution in [0.5, 0.6) is 0 Å². The zero-order valence-electron chi connectivity index (χ0n) is 11.7. The minimum atomic E-state index is -3.71. The lowest BCUT2D eigenvalue weighted by atomic mass is 10.1. The molecule has 2 rings (SSSR count). The highest BCUT2D eigenvalue weighted by atomic mass is 32.2. The fourth-order valence-corrected chi connectivity index (χ4v) is 2.34. The number of benzene rings is 1. The molecule has 0 amide bonds. The number of anilines is 1. The fourth-order valence-electron chi connectivity index (χ4n) is 1.88. The van der Waals surface area contributed by atoms with Gasteiger partial charge in [-0.15, -0.1) is 0 Å². The molecule has 1 unspecified atom stereocenters. The molecule has 0 fully saturated rings. The van der Waals surface area contributed by atoms with E-state index in [2.05, 4.69) is 10.3 Å². The Labute approximate surface area is 124 Å². The Morgan fingerprint density at radius 3 is 2.33 bits per heavy atom. The topological polar surface area (TPSA) is 111 Å². The Balaban J connectivity index is 2.10. The SMILES string of the molecule is CC(Nc1ccc(S(N)(=O)=O)cn1)c1ccc(CN)cc1. The predicted octanol–water partition coefficient (Wildman–Crippen LogP) is 1.36. The van der Waals surface area contributed by atoms with Gasteiger partial charge in [-0.1, -0.05) is 24.3 Å². The number of hydrogen-bond acceptors (Lipinski definition) is 5. The van der Waals surface area contributed by atoms with E-state index in [1.807, 2.05) is 31.2 Å². The quantitative estimate of drug-likeness (QED) is 0.772. The van der Waals surface area contributed by atoms with Crippen LogP contribution >= 0.6 is 0 Å². The van der Waals surface area contributed by atoms with Crippen molar-refractivity contribution in [1.29, 1.82) is 0 Å². The first kappa shape index (κ1) is 15.4. The van der Waals surface area contributed by atoms with Gasteiger partial charge in [0.15, 0.2) is 0 Å². The van der Waals surface area contributed by atoms with Crippen LogP contribution in [0.3, 0.4) is 0 Å². The monoisotopic (exact) mass is 306 g/mol. The minimum Gasteiger partial charge on any atom is -0.364 e. The molecule has 1 heterocycles. The van der Waals surface area contributed by atoms with Gasteiger partial charge in [0.1, 0.15) is 10.7 Å². The molecule has 2 aromatic rings. The third kappa shape index (κ3) is 4.01. The molecule has 0 bridgehead atoms. The van der Waals surface area contributed by atoms with Crippen molar-refractivity contribution in [3.8, 4) is 0 Å². The number of nitrogens with one attached hydrogen (secondary N) is 1. The number of rotatable bonds is 5. The van der Waals surface area contributed by atoms with Gasteiger partial charge in [-0.2, -0.15) is 0 Å². The average Bonchev–Trinajstić information content (AvgIpc) is 2.47. The number of aromatic nitrogens is 1. The van der Waals surface area contributed by atoms with Crippen molar-refractivity contribution in [2.24, 2.45) is 10.9 Å². The van der Waals surface area contributed by atoms with E-state index in [0.717, 1.165) is 11.1 Å². The standard InChI is InChI=1S/C14H18N4O2S/c1-10(12-4-2-11(8-15)3-5-12)18-14-7-6-13(9-17-14)21(16,19)20/h2-7,9-10H,8,15H2,1H3,(H,17,18)(H2,16,19,20). The molecular weight excluding hydrogens is 288 g/mol. The Hall–Kier alpha value is -1.96. The number of nitrogens with two attached hydrogens (primary N) is 2. The normalized spacial score (nSPS) is 12.9. The smallest absolute Gasteiger partial charge is 0.239 e. The summed E-state index contributed by atoms with van der Waals surface area (Å²) in [5, 5.41) is 8.22. The van der Waals surface area contributed by atoms with Gasteiger partial charge in [-0.05, 0) is 30.2 Å². The van der Waals surface area contributed by atoms with Gasteiger partial charge in [-0.3, -0.25) is 0 Å². The molecule has 0 aliphatic carbocycles. The van der Waals surface area contributed by atoms with Crippen molar-refractivity contribution in [2.75, 3.05) is 5.32 Å². The Kier molecular flexibility index (Phi) is 4.56. The van der Waals surface area contributed by atoms with Crippen molar-refractivity contribution in [2.45, 2.75) is 24.4 Å². The first-order valence-corrected chi connectivity index (χ1v) is 7.99. The summed E-state index contributed by atoms with van der Waals surface area (Å²) < 4.78 is 22.3. The van der Waals surface area contributed by atoms with E-state index >= 15 is 0 Å². The zero-order valence-corrected chi connectivity index (χ0v) is 12.5. The van der Waals surface area contributed by atoms with Gasteiger partial charge in [0, 0.05) is 18.8 Å². The molecule has 0 aliphatic heterocycles. The molecule has 0 aliphatic rings. The highest BCUT2D eigenvalue weighted by Gasteiger charge is 2.09. The largest absolute Gasteiger partial charge is 0.364 e. The molecule has 1 aromatic carbocycles. The van der Waals surface area contributed by atoms with E-state index in [9.17, 15) is 8.42 Å². The van der Waals surface area contributed by atoms with Crippen LogP contribution in [0.25, 0.3) is 0 Å². The summed E-state index contributed by atoms with van der Waals surface area (Å²) >= 11 is 0. The molecule has 1 aromatic heterocycles. The number of hydrogen-bond donors (Lipinski definition) is 3. The summed E-state index contributed by atoms with van der Waals surface area (Å²) in [4.78, 5) is 4.05. The van der Waals surface area contributed by atoms with Crippen LogP contribution in [0, 0.1) is 0 Å². The third-order valence-electron chi connectivity index (χ3n) is 3.14.